The van der Waals surface area contributed by atoms with Crippen molar-refractivity contribution >= 4 is 17.4 Å². The maximum Gasteiger partial charge on any atom is 0.227 e. The molecule has 0 spiro atoms. The highest BCUT2D eigenvalue weighted by Gasteiger charge is 2.28. The van der Waals surface area contributed by atoms with Gasteiger partial charge >= 0.3 is 0 Å². The fraction of sp³-hybridized carbons (Fsp3) is 0.261. The molecule has 1 aliphatic carbocycles. The van der Waals surface area contributed by atoms with Gasteiger partial charge in [0.05, 0.1) is 25.5 Å². The number of hydrogen-bond donors (Lipinski definition) is 1. The number of ether oxygens (including phenoxy) is 2. The van der Waals surface area contributed by atoms with Gasteiger partial charge in [0.1, 0.15) is 0 Å². The fourth-order valence-electron chi connectivity index (χ4n) is 3.70. The maximum absolute atomic E-state index is 12.7. The molecule has 0 amide bonds. The highest BCUT2D eigenvalue weighted by Crippen LogP contribution is 2.36. The average Bonchev–Trinajstić information content (AvgIpc) is 2.73. The third kappa shape index (κ3) is 3.92. The molecule has 2 aromatic carbocycles. The average molecular weight is 389 g/mol. The maximum atomic E-state index is 12.7. The van der Waals surface area contributed by atoms with E-state index in [2.05, 4.69) is 15.3 Å². The Morgan fingerprint density at radius 3 is 2.62 bits per heavy atom. The van der Waals surface area contributed by atoms with Crippen molar-refractivity contribution in [3.8, 4) is 11.5 Å². The first-order valence-electron chi connectivity index (χ1n) is 9.52. The number of methoxy groups -OCH3 is 2. The Hall–Kier alpha value is -3.41. The predicted molar refractivity (Wildman–Crippen MR) is 111 cm³/mol. The lowest BCUT2D eigenvalue weighted by Gasteiger charge is -2.24. The Labute approximate surface area is 169 Å². The summed E-state index contributed by atoms with van der Waals surface area (Å²) in [5.74, 6) is 1.93. The molecule has 0 radical (unpaired) electrons. The molecule has 1 atom stereocenters. The zero-order valence-electron chi connectivity index (χ0n) is 16.7. The van der Waals surface area contributed by atoms with E-state index in [1.165, 1.54) is 0 Å². The summed E-state index contributed by atoms with van der Waals surface area (Å²) >= 11 is 0. The number of fused-ring (bicyclic) bond motifs is 1. The van der Waals surface area contributed by atoms with E-state index in [4.69, 9.17) is 9.47 Å². The van der Waals surface area contributed by atoms with Gasteiger partial charge in [0.15, 0.2) is 17.3 Å². The van der Waals surface area contributed by atoms with Crippen LogP contribution in [0.15, 0.2) is 48.7 Å². The largest absolute Gasteiger partial charge is 0.493 e. The standard InChI is InChI=1S/C23H23N3O3/c1-14-5-4-6-17(9-14)25-23-24-13-18-19(26-23)10-16(11-20(18)27)15-7-8-21(28-2)22(12-15)29-3/h4-9,12-13,16H,10-11H2,1-3H3,(H,24,25,26)/t16-/m1/s1. The second-order valence-corrected chi connectivity index (χ2v) is 7.19. The van der Waals surface area contributed by atoms with Crippen LogP contribution in [0, 0.1) is 6.92 Å². The number of Topliss-reactive ketones (excluding diaryl/α,β-unsaturated/α-hetero) is 1. The predicted octanol–water partition coefficient (Wildman–Crippen LogP) is 4.46. The molecule has 6 nitrogen and oxygen atoms in total. The summed E-state index contributed by atoms with van der Waals surface area (Å²) in [6, 6.07) is 13.8. The first kappa shape index (κ1) is 18.9. The Balaban J connectivity index is 1.61. The quantitative estimate of drug-likeness (QED) is 0.695. The Morgan fingerprint density at radius 2 is 1.86 bits per heavy atom. The van der Waals surface area contributed by atoms with Gasteiger partial charge in [-0.2, -0.15) is 0 Å². The molecule has 3 aromatic rings. The van der Waals surface area contributed by atoms with E-state index >= 15 is 0 Å². The first-order chi connectivity index (χ1) is 14.1. The van der Waals surface area contributed by atoms with E-state index in [1.54, 1.807) is 20.4 Å². The molecule has 1 N–H and O–H groups in total. The number of ketones is 1. The summed E-state index contributed by atoms with van der Waals surface area (Å²) in [6.07, 6.45) is 2.73. The van der Waals surface area contributed by atoms with E-state index in [-0.39, 0.29) is 11.7 Å². The summed E-state index contributed by atoms with van der Waals surface area (Å²) in [4.78, 5) is 21.7. The molecule has 0 bridgehead atoms. The molecule has 148 valence electrons. The Bertz CT molecular complexity index is 1060. The number of hydrogen-bond acceptors (Lipinski definition) is 6. The van der Waals surface area contributed by atoms with Gasteiger partial charge in [0.2, 0.25) is 5.95 Å². The zero-order valence-corrected chi connectivity index (χ0v) is 16.7. The monoisotopic (exact) mass is 389 g/mol. The van der Waals surface area contributed by atoms with E-state index in [0.717, 1.165) is 22.5 Å². The van der Waals surface area contributed by atoms with Crippen molar-refractivity contribution in [2.24, 2.45) is 0 Å². The fourth-order valence-corrected chi connectivity index (χ4v) is 3.70. The molecule has 1 aromatic heterocycles. The first-order valence-corrected chi connectivity index (χ1v) is 9.52. The highest BCUT2D eigenvalue weighted by molar-refractivity contribution is 5.98. The molecule has 0 fully saturated rings. The van der Waals surface area contributed by atoms with Gasteiger partial charge in [0.25, 0.3) is 0 Å². The molecule has 1 aliphatic rings. The van der Waals surface area contributed by atoms with E-state index in [0.29, 0.717) is 35.9 Å². The van der Waals surface area contributed by atoms with Gasteiger partial charge < -0.3 is 14.8 Å². The lowest BCUT2D eigenvalue weighted by Crippen LogP contribution is -2.21. The van der Waals surface area contributed by atoms with Crippen molar-refractivity contribution in [3.63, 3.8) is 0 Å². The van der Waals surface area contributed by atoms with Gasteiger partial charge in [0, 0.05) is 18.3 Å². The van der Waals surface area contributed by atoms with Crippen molar-refractivity contribution in [1.29, 1.82) is 0 Å². The van der Waals surface area contributed by atoms with Crippen LogP contribution in [0.2, 0.25) is 0 Å². The van der Waals surface area contributed by atoms with Crippen molar-refractivity contribution in [1.82, 2.24) is 9.97 Å². The number of carbonyl (C=O) groups excluding carboxylic acids is 1. The number of anilines is 2. The number of aromatic nitrogens is 2. The van der Waals surface area contributed by atoms with Crippen LogP contribution in [-0.4, -0.2) is 30.0 Å². The summed E-state index contributed by atoms with van der Waals surface area (Å²) < 4.78 is 10.7. The van der Waals surface area contributed by atoms with Crippen LogP contribution < -0.4 is 14.8 Å². The number of nitrogens with one attached hydrogen (secondary N) is 1. The summed E-state index contributed by atoms with van der Waals surface area (Å²) in [7, 11) is 3.22. The van der Waals surface area contributed by atoms with Crippen molar-refractivity contribution in [3.05, 3.63) is 71.0 Å². The second-order valence-electron chi connectivity index (χ2n) is 7.19. The van der Waals surface area contributed by atoms with Crippen molar-refractivity contribution in [2.45, 2.75) is 25.7 Å². The van der Waals surface area contributed by atoms with Crippen molar-refractivity contribution < 1.29 is 14.3 Å². The molecule has 4 rings (SSSR count). The molecule has 0 saturated heterocycles. The van der Waals surface area contributed by atoms with E-state index < -0.39 is 0 Å². The van der Waals surface area contributed by atoms with Gasteiger partial charge in [-0.1, -0.05) is 18.2 Å². The number of carbonyl (C=O) groups is 1. The normalized spacial score (nSPS) is 15.6. The third-order valence-electron chi connectivity index (χ3n) is 5.19. The highest BCUT2D eigenvalue weighted by atomic mass is 16.5. The summed E-state index contributed by atoms with van der Waals surface area (Å²) in [5.41, 5.74) is 4.48. The van der Waals surface area contributed by atoms with E-state index in [1.807, 2.05) is 49.4 Å². The van der Waals surface area contributed by atoms with Gasteiger partial charge in [-0.25, -0.2) is 9.97 Å². The third-order valence-corrected chi connectivity index (χ3v) is 5.19. The molecule has 6 heteroatoms. The topological polar surface area (TPSA) is 73.3 Å². The minimum atomic E-state index is 0.0384. The molecule has 0 aliphatic heterocycles. The smallest absolute Gasteiger partial charge is 0.227 e. The van der Waals surface area contributed by atoms with Crippen LogP contribution in [0.4, 0.5) is 11.6 Å². The Morgan fingerprint density at radius 1 is 1.03 bits per heavy atom. The van der Waals surface area contributed by atoms with Crippen LogP contribution >= 0.6 is 0 Å². The number of nitrogens with zero attached hydrogens (tertiary/aromatic N) is 2. The van der Waals surface area contributed by atoms with Gasteiger partial charge in [-0.05, 0) is 54.7 Å². The molecule has 0 unspecified atom stereocenters. The van der Waals surface area contributed by atoms with E-state index in [9.17, 15) is 4.79 Å². The van der Waals surface area contributed by atoms with Crippen LogP contribution in [0.1, 0.15) is 39.5 Å². The zero-order chi connectivity index (χ0) is 20.4. The minimum Gasteiger partial charge on any atom is -0.493 e. The van der Waals surface area contributed by atoms with Crippen LogP contribution in [0.3, 0.4) is 0 Å². The Kier molecular flexibility index (Phi) is 5.16. The van der Waals surface area contributed by atoms with Crippen LogP contribution in [0.5, 0.6) is 11.5 Å². The molecular weight excluding hydrogens is 366 g/mol. The lowest BCUT2D eigenvalue weighted by atomic mass is 9.82. The number of rotatable bonds is 5. The van der Waals surface area contributed by atoms with Crippen LogP contribution in [0.25, 0.3) is 0 Å². The molecule has 29 heavy (non-hydrogen) atoms. The molecule has 0 saturated carbocycles. The molecule has 1 heterocycles. The molecular formula is C23H23N3O3. The minimum absolute atomic E-state index is 0.0384. The summed E-state index contributed by atoms with van der Waals surface area (Å²) in [5, 5.41) is 3.23. The number of aryl methyl sites for hydroxylation is 1. The summed E-state index contributed by atoms with van der Waals surface area (Å²) in [6.45, 7) is 2.03. The SMILES string of the molecule is COc1ccc([C@H]2CC(=O)c3cnc(Nc4cccc(C)c4)nc3C2)cc1OC. The number of benzene rings is 2. The van der Waals surface area contributed by atoms with Crippen molar-refractivity contribution in [2.75, 3.05) is 19.5 Å². The lowest BCUT2D eigenvalue weighted by molar-refractivity contribution is 0.0962. The second kappa shape index (κ2) is 7.91. The van der Waals surface area contributed by atoms with Gasteiger partial charge in [-0.3, -0.25) is 4.79 Å². The van der Waals surface area contributed by atoms with Crippen LogP contribution in [-0.2, 0) is 6.42 Å². The van der Waals surface area contributed by atoms with Gasteiger partial charge in [-0.15, -0.1) is 0 Å².